The summed E-state index contributed by atoms with van der Waals surface area (Å²) in [6.45, 7) is 0. The van der Waals surface area contributed by atoms with Gasteiger partial charge in [0.05, 0.1) is 9.85 Å². The maximum Gasteiger partial charge on any atom is 0.269 e. The van der Waals surface area contributed by atoms with E-state index in [2.05, 4.69) is 0 Å². The molecule has 6 nitrogen and oxygen atoms in total. The molecule has 0 amide bonds. The van der Waals surface area contributed by atoms with Crippen LogP contribution in [0.2, 0.25) is 0 Å². The van der Waals surface area contributed by atoms with Crippen molar-refractivity contribution in [2.75, 3.05) is 0 Å². The predicted octanol–water partition coefficient (Wildman–Crippen LogP) is 4.79. The highest BCUT2D eigenvalue weighted by atomic mass is 16.6. The standard InChI is InChI=1S/C18H14N2O4/c21-19(22)17-11-7-15(8-12-17)5-3-1-2-4-6-16-9-13-18(14-10-16)20(23)24/h1-14H/b2-1+,5-3+,6-4+. The highest BCUT2D eigenvalue weighted by Crippen LogP contribution is 2.14. The average molecular weight is 322 g/mol. The summed E-state index contributed by atoms with van der Waals surface area (Å²) in [5.41, 5.74) is 1.86. The molecule has 0 heterocycles. The first-order chi connectivity index (χ1) is 11.6. The zero-order chi connectivity index (χ0) is 17.4. The third-order valence-corrected chi connectivity index (χ3v) is 3.12. The van der Waals surface area contributed by atoms with Crippen molar-refractivity contribution in [3.05, 3.63) is 104 Å². The molecular formula is C18H14N2O4. The minimum absolute atomic E-state index is 0.0636. The Morgan fingerprint density at radius 3 is 1.21 bits per heavy atom. The van der Waals surface area contributed by atoms with Gasteiger partial charge in [-0.3, -0.25) is 20.2 Å². The predicted molar refractivity (Wildman–Crippen MR) is 93.4 cm³/mol. The molecule has 0 aliphatic carbocycles. The van der Waals surface area contributed by atoms with E-state index in [0.717, 1.165) is 11.1 Å². The summed E-state index contributed by atoms with van der Waals surface area (Å²) in [6.07, 6.45) is 11.0. The lowest BCUT2D eigenvalue weighted by Gasteiger charge is -1.93. The summed E-state index contributed by atoms with van der Waals surface area (Å²) in [6, 6.07) is 12.5. The molecule has 2 aromatic carbocycles. The second-order valence-corrected chi connectivity index (χ2v) is 4.80. The van der Waals surface area contributed by atoms with E-state index < -0.39 is 9.85 Å². The molecule has 0 unspecified atom stereocenters. The van der Waals surface area contributed by atoms with E-state index in [9.17, 15) is 20.2 Å². The Hall–Kier alpha value is -3.54. The topological polar surface area (TPSA) is 86.3 Å². The SMILES string of the molecule is O=[N+]([O-])c1ccc(/C=C/C=C/C=C/c2ccc([N+](=O)[O-])cc2)cc1. The van der Waals surface area contributed by atoms with E-state index in [1.165, 1.54) is 24.3 Å². The monoisotopic (exact) mass is 322 g/mol. The Morgan fingerprint density at radius 1 is 0.583 bits per heavy atom. The number of rotatable bonds is 6. The van der Waals surface area contributed by atoms with Gasteiger partial charge in [0.2, 0.25) is 0 Å². The van der Waals surface area contributed by atoms with Crippen molar-refractivity contribution in [3.63, 3.8) is 0 Å². The zero-order valence-corrected chi connectivity index (χ0v) is 12.6. The van der Waals surface area contributed by atoms with Gasteiger partial charge in [0.1, 0.15) is 0 Å². The highest BCUT2D eigenvalue weighted by molar-refractivity contribution is 5.55. The van der Waals surface area contributed by atoms with Crippen molar-refractivity contribution in [1.29, 1.82) is 0 Å². The van der Waals surface area contributed by atoms with Gasteiger partial charge in [-0.05, 0) is 35.4 Å². The van der Waals surface area contributed by atoms with Crippen molar-refractivity contribution in [3.8, 4) is 0 Å². The fourth-order valence-corrected chi connectivity index (χ4v) is 1.88. The normalized spacial score (nSPS) is 11.5. The second-order valence-electron chi connectivity index (χ2n) is 4.80. The minimum Gasteiger partial charge on any atom is -0.258 e. The van der Waals surface area contributed by atoms with Gasteiger partial charge in [0.15, 0.2) is 0 Å². The van der Waals surface area contributed by atoms with Gasteiger partial charge in [-0.1, -0.05) is 36.5 Å². The smallest absolute Gasteiger partial charge is 0.258 e. The Labute approximate surface area is 138 Å². The number of nitro groups is 2. The molecule has 6 heteroatoms. The van der Waals surface area contributed by atoms with E-state index in [0.29, 0.717) is 0 Å². The van der Waals surface area contributed by atoms with E-state index in [1.54, 1.807) is 24.3 Å². The van der Waals surface area contributed by atoms with Crippen LogP contribution in [0.5, 0.6) is 0 Å². The summed E-state index contributed by atoms with van der Waals surface area (Å²) >= 11 is 0. The Kier molecular flexibility index (Phi) is 5.74. The van der Waals surface area contributed by atoms with Crippen molar-refractivity contribution in [2.45, 2.75) is 0 Å². The second kappa shape index (κ2) is 8.19. The quantitative estimate of drug-likeness (QED) is 0.435. The molecule has 0 aliphatic rings. The Morgan fingerprint density at radius 2 is 0.917 bits per heavy atom. The van der Waals surface area contributed by atoms with Gasteiger partial charge < -0.3 is 0 Å². The zero-order valence-electron chi connectivity index (χ0n) is 12.6. The highest BCUT2D eigenvalue weighted by Gasteiger charge is 2.02. The third-order valence-electron chi connectivity index (χ3n) is 3.12. The van der Waals surface area contributed by atoms with Crippen LogP contribution in [0.15, 0.2) is 72.8 Å². The van der Waals surface area contributed by atoms with Gasteiger partial charge in [-0.2, -0.15) is 0 Å². The number of hydrogen-bond acceptors (Lipinski definition) is 4. The summed E-state index contributed by atoms with van der Waals surface area (Å²) < 4.78 is 0. The van der Waals surface area contributed by atoms with Crippen molar-refractivity contribution >= 4 is 23.5 Å². The molecule has 0 aliphatic heterocycles. The number of hydrogen-bond donors (Lipinski definition) is 0. The van der Waals surface area contributed by atoms with Crippen molar-refractivity contribution < 1.29 is 9.85 Å². The maximum atomic E-state index is 10.5. The molecule has 0 spiro atoms. The molecule has 0 saturated carbocycles. The lowest BCUT2D eigenvalue weighted by molar-refractivity contribution is -0.385. The average Bonchev–Trinajstić information content (AvgIpc) is 2.58. The summed E-state index contributed by atoms with van der Waals surface area (Å²) in [7, 11) is 0. The first-order valence-electron chi connectivity index (χ1n) is 7.06. The van der Waals surface area contributed by atoms with Crippen LogP contribution in [0.1, 0.15) is 11.1 Å². The lowest BCUT2D eigenvalue weighted by Crippen LogP contribution is -1.86. The molecule has 0 bridgehead atoms. The molecule has 24 heavy (non-hydrogen) atoms. The molecule has 120 valence electrons. The molecule has 0 atom stereocenters. The van der Waals surface area contributed by atoms with Crippen LogP contribution in [0.4, 0.5) is 11.4 Å². The van der Waals surface area contributed by atoms with Crippen molar-refractivity contribution in [2.24, 2.45) is 0 Å². The number of nitrogens with zero attached hydrogens (tertiary/aromatic N) is 2. The molecule has 0 N–H and O–H groups in total. The lowest BCUT2D eigenvalue weighted by atomic mass is 10.2. The van der Waals surface area contributed by atoms with Gasteiger partial charge in [-0.25, -0.2) is 0 Å². The van der Waals surface area contributed by atoms with Crippen LogP contribution in [-0.2, 0) is 0 Å². The molecule has 2 rings (SSSR count). The number of nitro benzene ring substituents is 2. The minimum atomic E-state index is -0.434. The van der Waals surface area contributed by atoms with E-state index in [1.807, 2.05) is 36.5 Å². The molecule has 2 aromatic rings. The van der Waals surface area contributed by atoms with Crippen LogP contribution < -0.4 is 0 Å². The molecule has 0 radical (unpaired) electrons. The molecule has 0 fully saturated rings. The Bertz CT molecular complexity index is 734. The summed E-state index contributed by atoms with van der Waals surface area (Å²) in [4.78, 5) is 20.2. The molecule has 0 aromatic heterocycles. The van der Waals surface area contributed by atoms with Gasteiger partial charge in [0, 0.05) is 24.3 Å². The fraction of sp³-hybridized carbons (Fsp3) is 0. The fourth-order valence-electron chi connectivity index (χ4n) is 1.88. The van der Waals surface area contributed by atoms with E-state index in [-0.39, 0.29) is 11.4 Å². The summed E-state index contributed by atoms with van der Waals surface area (Å²) in [5, 5.41) is 21.1. The number of benzene rings is 2. The first kappa shape index (κ1) is 16.8. The van der Waals surface area contributed by atoms with Crippen LogP contribution in [0, 0.1) is 20.2 Å². The third kappa shape index (κ3) is 5.03. The van der Waals surface area contributed by atoms with Gasteiger partial charge in [-0.15, -0.1) is 0 Å². The first-order valence-corrected chi connectivity index (χ1v) is 7.06. The van der Waals surface area contributed by atoms with Crippen LogP contribution in [0.3, 0.4) is 0 Å². The van der Waals surface area contributed by atoms with Crippen LogP contribution >= 0.6 is 0 Å². The number of non-ortho nitro benzene ring substituents is 2. The largest absolute Gasteiger partial charge is 0.269 e. The van der Waals surface area contributed by atoms with Gasteiger partial charge >= 0.3 is 0 Å². The molecule has 0 saturated heterocycles. The van der Waals surface area contributed by atoms with E-state index >= 15 is 0 Å². The Balaban J connectivity index is 1.89. The maximum absolute atomic E-state index is 10.5. The van der Waals surface area contributed by atoms with Crippen LogP contribution in [-0.4, -0.2) is 9.85 Å². The molecular weight excluding hydrogens is 308 g/mol. The van der Waals surface area contributed by atoms with Crippen molar-refractivity contribution in [1.82, 2.24) is 0 Å². The number of allylic oxidation sites excluding steroid dienone is 4. The van der Waals surface area contributed by atoms with E-state index in [4.69, 9.17) is 0 Å². The van der Waals surface area contributed by atoms with Crippen LogP contribution in [0.25, 0.3) is 12.2 Å². The summed E-state index contributed by atoms with van der Waals surface area (Å²) in [5.74, 6) is 0. The van der Waals surface area contributed by atoms with Gasteiger partial charge in [0.25, 0.3) is 11.4 Å².